The van der Waals surface area contributed by atoms with Crippen molar-refractivity contribution in [3.63, 3.8) is 0 Å². The lowest BCUT2D eigenvalue weighted by molar-refractivity contribution is 0.606. The minimum absolute atomic E-state index is 0.197. The third-order valence-corrected chi connectivity index (χ3v) is 4.46. The van der Waals surface area contributed by atoms with E-state index < -0.39 is 10.0 Å². The molecule has 7 heteroatoms. The second-order valence-corrected chi connectivity index (χ2v) is 6.06. The zero-order valence-corrected chi connectivity index (χ0v) is 10.5. The fraction of sp³-hybridized carbons (Fsp3) is 0.125. The molecule has 0 fully saturated rings. The van der Waals surface area contributed by atoms with Crippen LogP contribution in [0.2, 0.25) is 5.02 Å². The molecule has 0 spiro atoms. The van der Waals surface area contributed by atoms with Crippen molar-refractivity contribution in [1.29, 1.82) is 5.26 Å². The first-order chi connectivity index (χ1) is 6.98. The van der Waals surface area contributed by atoms with Gasteiger partial charge in [-0.3, -0.25) is 4.72 Å². The van der Waals surface area contributed by atoms with E-state index in [0.29, 0.717) is 11.3 Å². The standard InChI is InChI=1S/C8H6BrClN2O2S/c9-5-15(13,14)12-7-2-1-6(4-11)8(10)3-7/h1-3,12H,5H2. The van der Waals surface area contributed by atoms with Crippen molar-refractivity contribution in [3.8, 4) is 6.07 Å². The average Bonchev–Trinajstić information content (AvgIpc) is 2.17. The molecule has 80 valence electrons. The molecule has 1 rings (SSSR count). The predicted octanol–water partition coefficient (Wildman–Crippen LogP) is 2.31. The van der Waals surface area contributed by atoms with E-state index in [-0.39, 0.29) is 9.68 Å². The normalized spacial score (nSPS) is 10.7. The Morgan fingerprint density at radius 2 is 2.20 bits per heavy atom. The van der Waals surface area contributed by atoms with E-state index in [2.05, 4.69) is 20.7 Å². The Morgan fingerprint density at radius 3 is 2.67 bits per heavy atom. The van der Waals surface area contributed by atoms with Gasteiger partial charge >= 0.3 is 0 Å². The molecule has 1 aromatic carbocycles. The topological polar surface area (TPSA) is 70.0 Å². The maximum atomic E-state index is 11.2. The molecule has 0 saturated heterocycles. The summed E-state index contributed by atoms with van der Waals surface area (Å²) in [6.45, 7) is 0. The van der Waals surface area contributed by atoms with Gasteiger partial charge in [0.1, 0.15) is 10.7 Å². The minimum atomic E-state index is -3.38. The van der Waals surface area contributed by atoms with Gasteiger partial charge in [0.05, 0.1) is 16.3 Å². The summed E-state index contributed by atoms with van der Waals surface area (Å²) in [6.07, 6.45) is 0. The van der Waals surface area contributed by atoms with Gasteiger partial charge in [0.15, 0.2) is 0 Å². The first kappa shape index (κ1) is 12.3. The van der Waals surface area contributed by atoms with Crippen LogP contribution in [0.1, 0.15) is 5.56 Å². The molecular formula is C8H6BrClN2O2S. The van der Waals surface area contributed by atoms with Crippen LogP contribution in [0.4, 0.5) is 5.69 Å². The number of rotatable bonds is 3. The van der Waals surface area contributed by atoms with Crippen molar-refractivity contribution in [2.45, 2.75) is 0 Å². The maximum Gasteiger partial charge on any atom is 0.242 e. The minimum Gasteiger partial charge on any atom is -0.283 e. The largest absolute Gasteiger partial charge is 0.283 e. The van der Waals surface area contributed by atoms with E-state index in [1.807, 2.05) is 6.07 Å². The summed E-state index contributed by atoms with van der Waals surface area (Å²) < 4.78 is 24.4. The summed E-state index contributed by atoms with van der Waals surface area (Å²) >= 11 is 8.57. The number of benzene rings is 1. The third-order valence-electron chi connectivity index (χ3n) is 1.51. The third kappa shape index (κ3) is 3.38. The van der Waals surface area contributed by atoms with Gasteiger partial charge < -0.3 is 0 Å². The molecule has 1 N–H and O–H groups in total. The van der Waals surface area contributed by atoms with Crippen LogP contribution < -0.4 is 4.72 Å². The zero-order valence-electron chi connectivity index (χ0n) is 7.37. The lowest BCUT2D eigenvalue weighted by Crippen LogP contribution is -2.13. The summed E-state index contributed by atoms with van der Waals surface area (Å²) in [4.78, 5) is 0. The Balaban J connectivity index is 3.01. The van der Waals surface area contributed by atoms with Gasteiger partial charge in [-0.25, -0.2) is 8.42 Å². The van der Waals surface area contributed by atoms with Crippen molar-refractivity contribution < 1.29 is 8.42 Å². The van der Waals surface area contributed by atoms with Crippen molar-refractivity contribution >= 4 is 43.2 Å². The van der Waals surface area contributed by atoms with Crippen LogP contribution in [0.3, 0.4) is 0 Å². The smallest absolute Gasteiger partial charge is 0.242 e. The van der Waals surface area contributed by atoms with Crippen LogP contribution in [0.15, 0.2) is 18.2 Å². The van der Waals surface area contributed by atoms with Gasteiger partial charge in [0.2, 0.25) is 10.0 Å². The lowest BCUT2D eigenvalue weighted by atomic mass is 10.2. The molecule has 0 atom stereocenters. The Labute approximate surface area is 101 Å². The summed E-state index contributed by atoms with van der Waals surface area (Å²) in [5, 5.41) is 8.82. The zero-order chi connectivity index (χ0) is 11.5. The number of sulfonamides is 1. The van der Waals surface area contributed by atoms with Crippen LogP contribution in [0.5, 0.6) is 0 Å². The van der Waals surface area contributed by atoms with Crippen molar-refractivity contribution in [2.75, 3.05) is 9.38 Å². The number of nitrogens with one attached hydrogen (secondary N) is 1. The van der Waals surface area contributed by atoms with Crippen molar-refractivity contribution in [2.24, 2.45) is 0 Å². The highest BCUT2D eigenvalue weighted by Crippen LogP contribution is 2.21. The number of anilines is 1. The number of nitriles is 1. The first-order valence-corrected chi connectivity index (χ1v) is 6.90. The Morgan fingerprint density at radius 1 is 1.53 bits per heavy atom. The Kier molecular flexibility index (Phi) is 3.97. The fourth-order valence-corrected chi connectivity index (χ4v) is 1.98. The van der Waals surface area contributed by atoms with Gasteiger partial charge in [-0.1, -0.05) is 27.5 Å². The van der Waals surface area contributed by atoms with E-state index in [1.54, 1.807) is 0 Å². The van der Waals surface area contributed by atoms with Gasteiger partial charge in [-0.2, -0.15) is 5.26 Å². The molecule has 4 nitrogen and oxygen atoms in total. The van der Waals surface area contributed by atoms with Crippen LogP contribution in [0.25, 0.3) is 0 Å². The molecule has 0 aliphatic rings. The van der Waals surface area contributed by atoms with Crippen LogP contribution >= 0.6 is 27.5 Å². The maximum absolute atomic E-state index is 11.2. The van der Waals surface area contributed by atoms with E-state index in [0.717, 1.165) is 0 Å². The van der Waals surface area contributed by atoms with Gasteiger partial charge in [0, 0.05) is 0 Å². The highest BCUT2D eigenvalue weighted by molar-refractivity contribution is 9.10. The van der Waals surface area contributed by atoms with Crippen LogP contribution in [-0.2, 0) is 10.0 Å². The number of alkyl halides is 1. The van der Waals surface area contributed by atoms with Gasteiger partial charge in [-0.05, 0) is 18.2 Å². The predicted molar refractivity (Wildman–Crippen MR) is 62.5 cm³/mol. The number of nitrogens with zero attached hydrogens (tertiary/aromatic N) is 1. The first-order valence-electron chi connectivity index (χ1n) is 3.74. The summed E-state index contributed by atoms with van der Waals surface area (Å²) in [6, 6.07) is 6.20. The molecule has 0 amide bonds. The SMILES string of the molecule is N#Cc1ccc(NS(=O)(=O)CBr)cc1Cl. The molecular weight excluding hydrogens is 304 g/mol. The molecule has 0 unspecified atom stereocenters. The number of hydrogen-bond donors (Lipinski definition) is 1. The van der Waals surface area contributed by atoms with E-state index >= 15 is 0 Å². The molecule has 0 saturated carbocycles. The fourth-order valence-electron chi connectivity index (χ4n) is 0.876. The second-order valence-electron chi connectivity index (χ2n) is 2.63. The van der Waals surface area contributed by atoms with E-state index in [1.165, 1.54) is 18.2 Å². The number of halogens is 2. The molecule has 0 aliphatic heterocycles. The highest BCUT2D eigenvalue weighted by Gasteiger charge is 2.08. The molecule has 1 aromatic rings. The molecule has 0 heterocycles. The molecule has 15 heavy (non-hydrogen) atoms. The monoisotopic (exact) mass is 308 g/mol. The summed E-state index contributed by atoms with van der Waals surface area (Å²) in [5.74, 6) is 0. The molecule has 0 radical (unpaired) electrons. The Bertz CT molecular complexity index is 510. The Hall–Kier alpha value is -0.770. The molecule has 0 aromatic heterocycles. The molecule has 0 aliphatic carbocycles. The van der Waals surface area contributed by atoms with Crippen molar-refractivity contribution in [3.05, 3.63) is 28.8 Å². The van der Waals surface area contributed by atoms with Crippen LogP contribution in [-0.4, -0.2) is 13.1 Å². The number of hydrogen-bond acceptors (Lipinski definition) is 3. The van der Waals surface area contributed by atoms with Crippen molar-refractivity contribution in [1.82, 2.24) is 0 Å². The van der Waals surface area contributed by atoms with Crippen LogP contribution in [0, 0.1) is 11.3 Å². The summed E-state index contributed by atoms with van der Waals surface area (Å²) in [5.41, 5.74) is 0.636. The lowest BCUT2D eigenvalue weighted by Gasteiger charge is -2.05. The highest BCUT2D eigenvalue weighted by atomic mass is 79.9. The van der Waals surface area contributed by atoms with E-state index in [4.69, 9.17) is 16.9 Å². The van der Waals surface area contributed by atoms with E-state index in [9.17, 15) is 8.42 Å². The second kappa shape index (κ2) is 4.84. The van der Waals surface area contributed by atoms with Gasteiger partial charge in [-0.15, -0.1) is 0 Å². The molecule has 0 bridgehead atoms. The summed E-state index contributed by atoms with van der Waals surface area (Å²) in [7, 11) is -3.38. The van der Waals surface area contributed by atoms with Gasteiger partial charge in [0.25, 0.3) is 0 Å². The average molecular weight is 310 g/mol. The quantitative estimate of drug-likeness (QED) is 0.871.